The van der Waals surface area contributed by atoms with E-state index in [1.165, 1.54) is 18.2 Å². The van der Waals surface area contributed by atoms with Gasteiger partial charge >= 0.3 is 5.97 Å². The van der Waals surface area contributed by atoms with E-state index >= 15 is 0 Å². The van der Waals surface area contributed by atoms with Crippen molar-refractivity contribution >= 4 is 23.3 Å². The highest BCUT2D eigenvalue weighted by atomic mass is 35.5. The van der Waals surface area contributed by atoms with Crippen LogP contribution in [-0.4, -0.2) is 13.1 Å². The number of carbonyl (C=O) groups excluding carboxylic acids is 1. The molecule has 0 aliphatic heterocycles. The molecular formula is C26H23ClO3. The average molecular weight is 419 g/mol. The molecule has 1 unspecified atom stereocenters. The van der Waals surface area contributed by atoms with Crippen LogP contribution in [0.3, 0.4) is 0 Å². The standard InChI is InChI=1S/C26H23ClO3/c1-17-8-10-18(11-9-17)14-20-15-19-12-13-21(27)16-23(19)25(24(20)26(28)29-2)30-22-6-4-3-5-7-22/h3-13,16,20H,14-15H2,1-2H3. The SMILES string of the molecule is COC(=O)C1=C(Oc2ccccc2)c2cc(Cl)ccc2CC1Cc1ccc(C)cc1. The first-order valence-corrected chi connectivity index (χ1v) is 10.3. The van der Waals surface area contributed by atoms with E-state index in [4.69, 9.17) is 21.1 Å². The van der Waals surface area contributed by atoms with Gasteiger partial charge in [-0.3, -0.25) is 0 Å². The van der Waals surface area contributed by atoms with Crippen molar-refractivity contribution in [3.63, 3.8) is 0 Å². The molecule has 0 N–H and O–H groups in total. The van der Waals surface area contributed by atoms with E-state index in [1.54, 1.807) is 0 Å². The Bertz CT molecular complexity index is 1090. The van der Waals surface area contributed by atoms with Crippen LogP contribution < -0.4 is 4.74 Å². The van der Waals surface area contributed by atoms with Crippen LogP contribution in [0.25, 0.3) is 5.76 Å². The second kappa shape index (κ2) is 8.76. The zero-order valence-electron chi connectivity index (χ0n) is 17.0. The lowest BCUT2D eigenvalue weighted by molar-refractivity contribution is -0.136. The highest BCUT2D eigenvalue weighted by molar-refractivity contribution is 6.30. The number of carbonyl (C=O) groups is 1. The number of rotatable bonds is 5. The summed E-state index contributed by atoms with van der Waals surface area (Å²) in [5.41, 5.74) is 4.88. The smallest absolute Gasteiger partial charge is 0.337 e. The number of aryl methyl sites for hydroxylation is 1. The Balaban J connectivity index is 1.84. The van der Waals surface area contributed by atoms with Gasteiger partial charge in [0.2, 0.25) is 0 Å². The summed E-state index contributed by atoms with van der Waals surface area (Å²) < 4.78 is 11.5. The quantitative estimate of drug-likeness (QED) is 0.475. The Kier molecular flexibility index (Phi) is 5.91. The lowest BCUT2D eigenvalue weighted by atomic mass is 9.79. The predicted octanol–water partition coefficient (Wildman–Crippen LogP) is 6.03. The Morgan fingerprint density at radius 2 is 1.77 bits per heavy atom. The largest absolute Gasteiger partial charge is 0.466 e. The summed E-state index contributed by atoms with van der Waals surface area (Å²) in [5, 5.41) is 0.601. The summed E-state index contributed by atoms with van der Waals surface area (Å²) in [6.45, 7) is 2.07. The summed E-state index contributed by atoms with van der Waals surface area (Å²) in [5.74, 6) is 0.751. The number of halogens is 1. The minimum Gasteiger partial charge on any atom is -0.466 e. The van der Waals surface area contributed by atoms with Crippen molar-refractivity contribution in [3.8, 4) is 5.75 Å². The minimum absolute atomic E-state index is 0.0625. The molecule has 0 spiro atoms. The molecule has 1 aliphatic rings. The third kappa shape index (κ3) is 4.27. The molecule has 3 aromatic rings. The molecule has 0 aromatic heterocycles. The van der Waals surface area contributed by atoms with Gasteiger partial charge in [-0.2, -0.15) is 0 Å². The molecule has 3 aromatic carbocycles. The fourth-order valence-electron chi connectivity index (χ4n) is 3.90. The van der Waals surface area contributed by atoms with Gasteiger partial charge in [-0.05, 0) is 55.2 Å². The Morgan fingerprint density at radius 3 is 2.47 bits per heavy atom. The molecule has 4 rings (SSSR count). The van der Waals surface area contributed by atoms with Crippen LogP contribution in [0.15, 0.2) is 78.4 Å². The predicted molar refractivity (Wildman–Crippen MR) is 120 cm³/mol. The number of benzene rings is 3. The highest BCUT2D eigenvalue weighted by Gasteiger charge is 2.34. The number of hydrogen-bond donors (Lipinski definition) is 0. The topological polar surface area (TPSA) is 35.5 Å². The van der Waals surface area contributed by atoms with Crippen molar-refractivity contribution in [3.05, 3.63) is 106 Å². The van der Waals surface area contributed by atoms with Crippen molar-refractivity contribution in [2.45, 2.75) is 19.8 Å². The summed E-state index contributed by atoms with van der Waals surface area (Å²) in [6, 6.07) is 23.6. The molecule has 4 heteroatoms. The zero-order chi connectivity index (χ0) is 21.1. The first-order valence-electron chi connectivity index (χ1n) is 9.95. The van der Waals surface area contributed by atoms with E-state index in [-0.39, 0.29) is 11.9 Å². The summed E-state index contributed by atoms with van der Waals surface area (Å²) in [4.78, 5) is 12.9. The molecule has 3 nitrogen and oxygen atoms in total. The van der Waals surface area contributed by atoms with Crippen molar-refractivity contribution in [1.29, 1.82) is 0 Å². The van der Waals surface area contributed by atoms with Gasteiger partial charge in [0.1, 0.15) is 11.5 Å². The lowest BCUT2D eigenvalue weighted by Gasteiger charge is -2.29. The minimum atomic E-state index is -0.372. The molecule has 30 heavy (non-hydrogen) atoms. The molecule has 1 atom stereocenters. The molecule has 0 saturated carbocycles. The lowest BCUT2D eigenvalue weighted by Crippen LogP contribution is -2.26. The maximum atomic E-state index is 12.9. The monoisotopic (exact) mass is 418 g/mol. The van der Waals surface area contributed by atoms with Gasteiger partial charge in [-0.25, -0.2) is 4.79 Å². The van der Waals surface area contributed by atoms with Gasteiger partial charge in [-0.1, -0.05) is 65.7 Å². The number of ether oxygens (including phenoxy) is 2. The Morgan fingerprint density at radius 1 is 1.03 bits per heavy atom. The van der Waals surface area contributed by atoms with Gasteiger partial charge in [0.15, 0.2) is 0 Å². The van der Waals surface area contributed by atoms with Gasteiger partial charge in [-0.15, -0.1) is 0 Å². The molecule has 0 saturated heterocycles. The van der Waals surface area contributed by atoms with E-state index in [0.717, 1.165) is 11.1 Å². The van der Waals surface area contributed by atoms with Crippen LogP contribution in [0.5, 0.6) is 5.75 Å². The Hall–Kier alpha value is -3.04. The first-order chi connectivity index (χ1) is 14.5. The van der Waals surface area contributed by atoms with E-state index in [1.807, 2.05) is 48.5 Å². The highest BCUT2D eigenvalue weighted by Crippen LogP contribution is 2.39. The second-order valence-electron chi connectivity index (χ2n) is 7.54. The van der Waals surface area contributed by atoms with Gasteiger partial charge in [0.05, 0.1) is 12.7 Å². The molecule has 0 bridgehead atoms. The maximum Gasteiger partial charge on any atom is 0.337 e. The Labute approximate surface area is 181 Å². The fraction of sp³-hybridized carbons (Fsp3) is 0.192. The van der Waals surface area contributed by atoms with Crippen LogP contribution in [-0.2, 0) is 22.4 Å². The summed E-state index contributed by atoms with van der Waals surface area (Å²) >= 11 is 6.29. The van der Waals surface area contributed by atoms with Crippen LogP contribution in [0.1, 0.15) is 22.3 Å². The molecule has 152 valence electrons. The first kappa shape index (κ1) is 20.2. The van der Waals surface area contributed by atoms with Gasteiger partial charge in [0.25, 0.3) is 0 Å². The van der Waals surface area contributed by atoms with Crippen molar-refractivity contribution in [2.75, 3.05) is 7.11 Å². The van der Waals surface area contributed by atoms with Crippen LogP contribution >= 0.6 is 11.6 Å². The number of esters is 1. The van der Waals surface area contributed by atoms with Crippen LogP contribution in [0.4, 0.5) is 0 Å². The average Bonchev–Trinajstić information content (AvgIpc) is 2.76. The summed E-state index contributed by atoms with van der Waals surface area (Å²) in [7, 11) is 1.41. The molecule has 0 heterocycles. The number of fused-ring (bicyclic) bond motifs is 1. The molecule has 0 fully saturated rings. The third-order valence-electron chi connectivity index (χ3n) is 5.41. The number of para-hydroxylation sites is 1. The molecule has 1 aliphatic carbocycles. The third-order valence-corrected chi connectivity index (χ3v) is 5.64. The second-order valence-corrected chi connectivity index (χ2v) is 7.98. The van der Waals surface area contributed by atoms with E-state index < -0.39 is 0 Å². The van der Waals surface area contributed by atoms with Crippen molar-refractivity contribution in [1.82, 2.24) is 0 Å². The molecular weight excluding hydrogens is 396 g/mol. The normalized spacial score (nSPS) is 15.5. The van der Waals surface area contributed by atoms with Crippen LogP contribution in [0, 0.1) is 12.8 Å². The van der Waals surface area contributed by atoms with Crippen molar-refractivity contribution < 1.29 is 14.3 Å². The van der Waals surface area contributed by atoms with Crippen molar-refractivity contribution in [2.24, 2.45) is 5.92 Å². The number of methoxy groups -OCH3 is 1. The zero-order valence-corrected chi connectivity index (χ0v) is 17.8. The van der Waals surface area contributed by atoms with Crippen LogP contribution in [0.2, 0.25) is 5.02 Å². The van der Waals surface area contributed by atoms with E-state index in [2.05, 4.69) is 31.2 Å². The summed E-state index contributed by atoms with van der Waals surface area (Å²) in [6.07, 6.45) is 1.43. The maximum absolute atomic E-state index is 12.9. The van der Waals surface area contributed by atoms with Gasteiger partial charge < -0.3 is 9.47 Å². The molecule has 0 radical (unpaired) electrons. The number of hydrogen-bond acceptors (Lipinski definition) is 3. The fourth-order valence-corrected chi connectivity index (χ4v) is 4.08. The molecule has 0 amide bonds. The van der Waals surface area contributed by atoms with E-state index in [9.17, 15) is 4.79 Å². The van der Waals surface area contributed by atoms with Gasteiger partial charge in [0, 0.05) is 16.5 Å². The van der Waals surface area contributed by atoms with E-state index in [0.29, 0.717) is 34.9 Å².